The third-order valence-corrected chi connectivity index (χ3v) is 4.16. The minimum Gasteiger partial charge on any atom is -0.385 e. The molecule has 0 aromatic carbocycles. The lowest BCUT2D eigenvalue weighted by Crippen LogP contribution is -2.41. The quantitative estimate of drug-likeness (QED) is 0.690. The van der Waals surface area contributed by atoms with E-state index in [0.29, 0.717) is 5.92 Å². The van der Waals surface area contributed by atoms with Crippen molar-refractivity contribution < 1.29 is 0 Å². The zero-order chi connectivity index (χ0) is 11.7. The van der Waals surface area contributed by atoms with Gasteiger partial charge in [0.05, 0.1) is 0 Å². The Balaban J connectivity index is 3.09. The largest absolute Gasteiger partial charge is 0.385 e. The third-order valence-electron chi connectivity index (χ3n) is 4.16. The molecule has 0 spiro atoms. The summed E-state index contributed by atoms with van der Waals surface area (Å²) in [6, 6.07) is 0. The third kappa shape index (κ3) is 2.27. The van der Waals surface area contributed by atoms with Crippen molar-refractivity contribution in [3.8, 4) is 0 Å². The second-order valence-electron chi connectivity index (χ2n) is 5.88. The van der Waals surface area contributed by atoms with Gasteiger partial charge in [0.2, 0.25) is 0 Å². The van der Waals surface area contributed by atoms with Crippen molar-refractivity contribution in [3.05, 3.63) is 24.4 Å². The van der Waals surface area contributed by atoms with Crippen LogP contribution in [0.25, 0.3) is 0 Å². The fourth-order valence-corrected chi connectivity index (χ4v) is 2.37. The summed E-state index contributed by atoms with van der Waals surface area (Å²) in [5, 5.41) is 3.39. The summed E-state index contributed by atoms with van der Waals surface area (Å²) in [6.45, 7) is 16.7. The lowest BCUT2D eigenvalue weighted by atomic mass is 9.60. The molecule has 0 radical (unpaired) electrons. The van der Waals surface area contributed by atoms with Crippen LogP contribution in [0, 0.1) is 16.7 Å². The highest BCUT2D eigenvalue weighted by molar-refractivity contribution is 5.21. The average molecular weight is 207 g/mol. The molecule has 0 bridgehead atoms. The second-order valence-corrected chi connectivity index (χ2v) is 5.88. The van der Waals surface area contributed by atoms with Crippen LogP contribution in [0.15, 0.2) is 24.4 Å². The second kappa shape index (κ2) is 4.03. The van der Waals surface area contributed by atoms with Crippen LogP contribution in [-0.2, 0) is 0 Å². The summed E-state index contributed by atoms with van der Waals surface area (Å²) in [7, 11) is 0. The Morgan fingerprint density at radius 1 is 1.53 bits per heavy atom. The van der Waals surface area contributed by atoms with Crippen molar-refractivity contribution in [1.29, 1.82) is 0 Å². The molecule has 2 atom stereocenters. The summed E-state index contributed by atoms with van der Waals surface area (Å²) in [6.07, 6.45) is 5.70. The molecule has 1 aliphatic rings. The van der Waals surface area contributed by atoms with E-state index in [-0.39, 0.29) is 10.8 Å². The van der Waals surface area contributed by atoms with Gasteiger partial charge in [-0.3, -0.25) is 0 Å². The molecule has 1 aliphatic heterocycles. The van der Waals surface area contributed by atoms with Crippen molar-refractivity contribution in [3.63, 3.8) is 0 Å². The maximum absolute atomic E-state index is 3.99. The number of hydrogen-bond acceptors (Lipinski definition) is 1. The first-order chi connectivity index (χ1) is 6.81. The maximum atomic E-state index is 3.99. The van der Waals surface area contributed by atoms with E-state index in [9.17, 15) is 0 Å². The molecule has 0 saturated carbocycles. The monoisotopic (exact) mass is 207 g/mol. The van der Waals surface area contributed by atoms with Gasteiger partial charge in [-0.1, -0.05) is 53.7 Å². The Morgan fingerprint density at radius 3 is 2.60 bits per heavy atom. The van der Waals surface area contributed by atoms with E-state index in [1.165, 1.54) is 6.42 Å². The Kier molecular flexibility index (Phi) is 3.32. The first-order valence-electron chi connectivity index (χ1n) is 5.93. The summed E-state index contributed by atoms with van der Waals surface area (Å²) < 4.78 is 0. The van der Waals surface area contributed by atoms with Gasteiger partial charge in [-0.05, 0) is 22.8 Å². The smallest absolute Gasteiger partial charge is 0.0264 e. The summed E-state index contributed by atoms with van der Waals surface area (Å²) in [5.41, 5.74) is 1.58. The fraction of sp³-hybridized carbons (Fsp3) is 0.714. The van der Waals surface area contributed by atoms with Crippen LogP contribution < -0.4 is 5.32 Å². The van der Waals surface area contributed by atoms with E-state index in [2.05, 4.69) is 58.7 Å². The Hall–Kier alpha value is -0.720. The zero-order valence-corrected chi connectivity index (χ0v) is 10.9. The Bertz CT molecular complexity index is 270. The number of nitrogens with one attached hydrogen (secondary N) is 1. The topological polar surface area (TPSA) is 12.0 Å². The highest BCUT2D eigenvalue weighted by atomic mass is 14.9. The molecular weight excluding hydrogens is 182 g/mol. The predicted molar refractivity (Wildman–Crippen MR) is 67.6 cm³/mol. The molecule has 1 heteroatoms. The van der Waals surface area contributed by atoms with Crippen LogP contribution >= 0.6 is 0 Å². The van der Waals surface area contributed by atoms with Gasteiger partial charge in [-0.15, -0.1) is 0 Å². The average Bonchev–Trinajstić information content (AvgIpc) is 2.26. The predicted octanol–water partition coefficient (Wildman–Crippen LogP) is 3.74. The lowest BCUT2D eigenvalue weighted by Gasteiger charge is -2.45. The van der Waals surface area contributed by atoms with E-state index >= 15 is 0 Å². The van der Waals surface area contributed by atoms with Crippen LogP contribution in [0.2, 0.25) is 0 Å². The van der Waals surface area contributed by atoms with Gasteiger partial charge in [0.25, 0.3) is 0 Å². The van der Waals surface area contributed by atoms with Gasteiger partial charge in [0.1, 0.15) is 0 Å². The van der Waals surface area contributed by atoms with Crippen LogP contribution in [0.4, 0.5) is 0 Å². The molecule has 0 amide bonds. The molecule has 0 unspecified atom stereocenters. The molecule has 15 heavy (non-hydrogen) atoms. The summed E-state index contributed by atoms with van der Waals surface area (Å²) in [4.78, 5) is 0. The highest BCUT2D eigenvalue weighted by Gasteiger charge is 2.41. The lowest BCUT2D eigenvalue weighted by molar-refractivity contribution is 0.0878. The SMILES string of the molecule is C=C1C=C[C@@](C)(C(C)(C)C)[C@@H](CC)CN1. The summed E-state index contributed by atoms with van der Waals surface area (Å²) >= 11 is 0. The van der Waals surface area contributed by atoms with Crippen molar-refractivity contribution >= 4 is 0 Å². The molecule has 0 aliphatic carbocycles. The van der Waals surface area contributed by atoms with Crippen molar-refractivity contribution in [2.24, 2.45) is 16.7 Å². The van der Waals surface area contributed by atoms with E-state index in [1.807, 2.05) is 0 Å². The first-order valence-corrected chi connectivity index (χ1v) is 5.93. The zero-order valence-electron chi connectivity index (χ0n) is 10.9. The molecule has 0 aromatic rings. The fourth-order valence-electron chi connectivity index (χ4n) is 2.37. The van der Waals surface area contributed by atoms with Gasteiger partial charge >= 0.3 is 0 Å². The Labute approximate surface area is 94.6 Å². The standard InChI is InChI=1S/C14H25N/c1-7-12-10-15-11(2)8-9-14(12,6)13(3,4)5/h8-9,12,15H,2,7,10H2,1,3-6H3/t12-,14+/m0/s1. The van der Waals surface area contributed by atoms with Crippen molar-refractivity contribution in [2.75, 3.05) is 6.54 Å². The number of allylic oxidation sites excluding steroid dienone is 2. The molecular formula is C14H25N. The molecule has 1 nitrogen and oxygen atoms in total. The molecule has 0 aromatic heterocycles. The van der Waals surface area contributed by atoms with Gasteiger partial charge in [-0.25, -0.2) is 0 Å². The normalized spacial score (nSPS) is 32.3. The van der Waals surface area contributed by atoms with Crippen LogP contribution in [0.1, 0.15) is 41.0 Å². The molecule has 86 valence electrons. The van der Waals surface area contributed by atoms with E-state index < -0.39 is 0 Å². The van der Waals surface area contributed by atoms with Crippen LogP contribution in [0.5, 0.6) is 0 Å². The molecule has 0 saturated heterocycles. The molecule has 1 heterocycles. The van der Waals surface area contributed by atoms with E-state index in [1.54, 1.807) is 0 Å². The molecule has 0 fully saturated rings. The highest BCUT2D eigenvalue weighted by Crippen LogP contribution is 2.47. The molecule has 1 N–H and O–H groups in total. The first kappa shape index (κ1) is 12.4. The van der Waals surface area contributed by atoms with Gasteiger partial charge in [-0.2, -0.15) is 0 Å². The maximum Gasteiger partial charge on any atom is 0.0264 e. The van der Waals surface area contributed by atoms with Crippen molar-refractivity contribution in [1.82, 2.24) is 5.32 Å². The van der Waals surface area contributed by atoms with Crippen LogP contribution in [-0.4, -0.2) is 6.54 Å². The molecule has 1 rings (SSSR count). The number of hydrogen-bond donors (Lipinski definition) is 1. The van der Waals surface area contributed by atoms with Gasteiger partial charge < -0.3 is 5.32 Å². The summed E-state index contributed by atoms with van der Waals surface area (Å²) in [5.74, 6) is 0.674. The van der Waals surface area contributed by atoms with E-state index in [0.717, 1.165) is 12.2 Å². The van der Waals surface area contributed by atoms with E-state index in [4.69, 9.17) is 0 Å². The minimum atomic E-state index is 0.244. The minimum absolute atomic E-state index is 0.244. The van der Waals surface area contributed by atoms with Crippen molar-refractivity contribution in [2.45, 2.75) is 41.0 Å². The van der Waals surface area contributed by atoms with Crippen LogP contribution in [0.3, 0.4) is 0 Å². The van der Waals surface area contributed by atoms with Gasteiger partial charge in [0, 0.05) is 12.2 Å². The van der Waals surface area contributed by atoms with Gasteiger partial charge in [0.15, 0.2) is 0 Å². The number of rotatable bonds is 1. The Morgan fingerprint density at radius 2 is 2.13 bits per heavy atom.